The van der Waals surface area contributed by atoms with Crippen molar-refractivity contribution < 1.29 is 31.1 Å². The summed E-state index contributed by atoms with van der Waals surface area (Å²) in [6.45, 7) is -1.45. The van der Waals surface area contributed by atoms with Crippen molar-refractivity contribution in [3.8, 4) is 5.75 Å². The lowest BCUT2D eigenvalue weighted by Gasteiger charge is -2.19. The molecule has 2 aromatic carbocycles. The van der Waals surface area contributed by atoms with Crippen LogP contribution in [0.4, 0.5) is 13.2 Å². The lowest BCUT2D eigenvalue weighted by atomic mass is 10.2. The second-order valence-corrected chi connectivity index (χ2v) is 7.92. The van der Waals surface area contributed by atoms with E-state index in [1.54, 1.807) is 35.6 Å². The Hall–Kier alpha value is -2.59. The Balaban J connectivity index is 2.32. The monoisotopic (exact) mass is 416 g/mol. The molecule has 0 heterocycles. The van der Waals surface area contributed by atoms with Crippen molar-refractivity contribution in [1.29, 1.82) is 0 Å². The minimum absolute atomic E-state index is 0.0210. The van der Waals surface area contributed by atoms with Crippen LogP contribution in [0, 0.1) is 0 Å². The maximum Gasteiger partial charge on any atom is 0.405 e. The minimum atomic E-state index is -4.58. The Kier molecular flexibility index (Phi) is 6.68. The molecular weight excluding hydrogens is 397 g/mol. The van der Waals surface area contributed by atoms with Crippen LogP contribution in [-0.2, 0) is 16.6 Å². The molecule has 28 heavy (non-hydrogen) atoms. The number of nitrogens with zero attached hydrogens (tertiary/aromatic N) is 1. The van der Waals surface area contributed by atoms with Gasteiger partial charge in [0.05, 0.1) is 7.11 Å². The van der Waals surface area contributed by atoms with Crippen molar-refractivity contribution in [3.63, 3.8) is 0 Å². The van der Waals surface area contributed by atoms with Gasteiger partial charge in [0.2, 0.25) is 10.0 Å². The van der Waals surface area contributed by atoms with Gasteiger partial charge in [0.15, 0.2) is 0 Å². The van der Waals surface area contributed by atoms with E-state index >= 15 is 0 Å². The van der Waals surface area contributed by atoms with Gasteiger partial charge in [-0.3, -0.25) is 4.79 Å². The quantitative estimate of drug-likeness (QED) is 0.753. The van der Waals surface area contributed by atoms with Crippen molar-refractivity contribution in [2.45, 2.75) is 17.6 Å². The fourth-order valence-corrected chi connectivity index (χ4v) is 3.73. The maximum atomic E-state index is 12.9. The van der Waals surface area contributed by atoms with E-state index in [2.05, 4.69) is 0 Å². The number of hydrogen-bond acceptors (Lipinski definition) is 4. The zero-order valence-corrected chi connectivity index (χ0v) is 16.0. The van der Waals surface area contributed by atoms with Crippen LogP contribution in [0.2, 0.25) is 0 Å². The second kappa shape index (κ2) is 8.61. The van der Waals surface area contributed by atoms with Gasteiger partial charge in [0, 0.05) is 19.2 Å². The largest absolute Gasteiger partial charge is 0.495 e. The van der Waals surface area contributed by atoms with E-state index in [-0.39, 0.29) is 22.8 Å². The number of methoxy groups -OCH3 is 1. The van der Waals surface area contributed by atoms with Gasteiger partial charge in [-0.25, -0.2) is 8.42 Å². The fraction of sp³-hybridized carbons (Fsp3) is 0.278. The summed E-state index contributed by atoms with van der Waals surface area (Å²) in [5.74, 6) is -1.06. The first-order valence-electron chi connectivity index (χ1n) is 8.08. The molecule has 0 spiro atoms. The van der Waals surface area contributed by atoms with Gasteiger partial charge < -0.3 is 10.1 Å². The standard InChI is InChI=1S/C18H19F3N2O4S/c1-23(11-13-6-4-3-5-7-13)28(25,26)16-10-14(8-9-15(16)27-2)17(24)22-12-18(19,20)21/h3-10H,11-12H2,1-2H3,(H,22,24). The molecule has 0 saturated carbocycles. The van der Waals surface area contributed by atoms with Crippen molar-refractivity contribution in [2.24, 2.45) is 0 Å². The summed E-state index contributed by atoms with van der Waals surface area (Å²) in [5, 5.41) is 1.71. The van der Waals surface area contributed by atoms with Gasteiger partial charge in [-0.1, -0.05) is 30.3 Å². The molecule has 0 aromatic heterocycles. The van der Waals surface area contributed by atoms with Crippen molar-refractivity contribution in [3.05, 3.63) is 59.7 Å². The van der Waals surface area contributed by atoms with E-state index < -0.39 is 28.7 Å². The van der Waals surface area contributed by atoms with Gasteiger partial charge in [0.1, 0.15) is 17.2 Å². The summed E-state index contributed by atoms with van der Waals surface area (Å²) in [7, 11) is -1.46. The second-order valence-electron chi connectivity index (χ2n) is 5.91. The van der Waals surface area contributed by atoms with Gasteiger partial charge in [-0.2, -0.15) is 17.5 Å². The van der Waals surface area contributed by atoms with E-state index in [1.807, 2.05) is 0 Å². The highest BCUT2D eigenvalue weighted by atomic mass is 32.2. The number of alkyl halides is 3. The predicted molar refractivity (Wildman–Crippen MR) is 96.5 cm³/mol. The number of nitrogens with one attached hydrogen (secondary N) is 1. The molecule has 0 atom stereocenters. The van der Waals surface area contributed by atoms with Gasteiger partial charge in [-0.05, 0) is 23.8 Å². The molecule has 0 aliphatic carbocycles. The number of hydrogen-bond donors (Lipinski definition) is 1. The first-order chi connectivity index (χ1) is 13.0. The molecule has 0 unspecified atom stereocenters. The summed E-state index contributed by atoms with van der Waals surface area (Å²) < 4.78 is 68.9. The molecular formula is C18H19F3N2O4S. The summed E-state index contributed by atoms with van der Waals surface area (Å²) in [5.41, 5.74) is 0.517. The highest BCUT2D eigenvalue weighted by Crippen LogP contribution is 2.28. The third kappa shape index (κ3) is 5.46. The molecule has 10 heteroatoms. The number of rotatable bonds is 7. The zero-order chi connectivity index (χ0) is 20.9. The molecule has 0 radical (unpaired) electrons. The lowest BCUT2D eigenvalue weighted by molar-refractivity contribution is -0.123. The zero-order valence-electron chi connectivity index (χ0n) is 15.2. The number of benzene rings is 2. The van der Waals surface area contributed by atoms with E-state index in [0.29, 0.717) is 0 Å². The number of halogens is 3. The molecule has 0 aliphatic heterocycles. The van der Waals surface area contributed by atoms with E-state index in [1.165, 1.54) is 26.3 Å². The molecule has 1 N–H and O–H groups in total. The molecule has 152 valence electrons. The van der Waals surface area contributed by atoms with E-state index in [9.17, 15) is 26.4 Å². The summed E-state index contributed by atoms with van der Waals surface area (Å²) in [6.07, 6.45) is -4.58. The van der Waals surface area contributed by atoms with Gasteiger partial charge in [-0.15, -0.1) is 0 Å². The Morgan fingerprint density at radius 1 is 1.14 bits per heavy atom. The number of amides is 1. The Labute approximate surface area is 161 Å². The van der Waals surface area contributed by atoms with E-state index in [4.69, 9.17) is 4.74 Å². The normalized spacial score (nSPS) is 12.1. The number of carbonyl (C=O) groups excluding carboxylic acids is 1. The number of ether oxygens (including phenoxy) is 1. The third-order valence-electron chi connectivity index (χ3n) is 3.81. The minimum Gasteiger partial charge on any atom is -0.495 e. The van der Waals surface area contributed by atoms with Crippen LogP contribution in [0.25, 0.3) is 0 Å². The first kappa shape index (κ1) is 21.7. The summed E-state index contributed by atoms with van der Waals surface area (Å²) >= 11 is 0. The third-order valence-corrected chi connectivity index (χ3v) is 5.64. The highest BCUT2D eigenvalue weighted by Gasteiger charge is 2.29. The van der Waals surface area contributed by atoms with Crippen LogP contribution >= 0.6 is 0 Å². The van der Waals surface area contributed by atoms with Crippen LogP contribution in [-0.4, -0.2) is 45.5 Å². The van der Waals surface area contributed by atoms with E-state index in [0.717, 1.165) is 15.9 Å². The molecule has 0 bridgehead atoms. The van der Waals surface area contributed by atoms with Crippen LogP contribution < -0.4 is 10.1 Å². The van der Waals surface area contributed by atoms with Crippen LogP contribution in [0.1, 0.15) is 15.9 Å². The summed E-state index contributed by atoms with van der Waals surface area (Å²) in [4.78, 5) is 11.7. The predicted octanol–water partition coefficient (Wildman–Crippen LogP) is 2.81. The van der Waals surface area contributed by atoms with Crippen LogP contribution in [0.15, 0.2) is 53.4 Å². The molecule has 2 rings (SSSR count). The maximum absolute atomic E-state index is 12.9. The topological polar surface area (TPSA) is 75.7 Å². The van der Waals surface area contributed by atoms with Gasteiger partial charge in [0.25, 0.3) is 5.91 Å². The van der Waals surface area contributed by atoms with Crippen LogP contribution in [0.5, 0.6) is 5.75 Å². The molecule has 6 nitrogen and oxygen atoms in total. The molecule has 0 saturated heterocycles. The SMILES string of the molecule is COc1ccc(C(=O)NCC(F)(F)F)cc1S(=O)(=O)N(C)Cc1ccccc1. The van der Waals surface area contributed by atoms with Crippen molar-refractivity contribution in [2.75, 3.05) is 20.7 Å². The van der Waals surface area contributed by atoms with Crippen molar-refractivity contribution >= 4 is 15.9 Å². The summed E-state index contributed by atoms with van der Waals surface area (Å²) in [6, 6.07) is 12.3. The Morgan fingerprint density at radius 3 is 2.36 bits per heavy atom. The molecule has 2 aromatic rings. The molecule has 0 aliphatic rings. The highest BCUT2D eigenvalue weighted by molar-refractivity contribution is 7.89. The van der Waals surface area contributed by atoms with Crippen LogP contribution in [0.3, 0.4) is 0 Å². The number of carbonyl (C=O) groups is 1. The number of sulfonamides is 1. The fourth-order valence-electron chi connectivity index (χ4n) is 2.40. The smallest absolute Gasteiger partial charge is 0.405 e. The Morgan fingerprint density at radius 2 is 1.79 bits per heavy atom. The van der Waals surface area contributed by atoms with Crippen molar-refractivity contribution in [1.82, 2.24) is 9.62 Å². The Bertz CT molecular complexity index is 932. The first-order valence-corrected chi connectivity index (χ1v) is 9.52. The van der Waals surface area contributed by atoms with Gasteiger partial charge >= 0.3 is 6.18 Å². The average molecular weight is 416 g/mol. The molecule has 0 fully saturated rings. The molecule has 1 amide bonds. The lowest BCUT2D eigenvalue weighted by Crippen LogP contribution is -2.34. The average Bonchev–Trinajstić information content (AvgIpc) is 2.65.